The molecule has 0 aliphatic carbocycles. The van der Waals surface area contributed by atoms with E-state index in [9.17, 15) is 4.79 Å². The maximum Gasteiger partial charge on any atom is 0.332 e. The summed E-state index contributed by atoms with van der Waals surface area (Å²) in [6.45, 7) is 3.77. The number of hydrogen-bond acceptors (Lipinski definition) is 3. The van der Waals surface area contributed by atoms with Gasteiger partial charge in [-0.05, 0) is 13.8 Å². The van der Waals surface area contributed by atoms with E-state index < -0.39 is 0 Å². The second kappa shape index (κ2) is 7.12. The monoisotopic (exact) mass is 152 g/mol. The normalized spacial score (nSPS) is 10.0. The van der Waals surface area contributed by atoms with Crippen LogP contribution in [0.1, 0.15) is 13.8 Å². The van der Waals surface area contributed by atoms with Crippen LogP contribution < -0.4 is 5.73 Å². The van der Waals surface area contributed by atoms with E-state index >= 15 is 0 Å². The maximum absolute atomic E-state index is 10.5. The van der Waals surface area contributed by atoms with Crippen molar-refractivity contribution in [3.8, 4) is 0 Å². The number of nitrogens with two attached hydrogens (primary N) is 1. The van der Waals surface area contributed by atoms with E-state index in [1.807, 2.05) is 0 Å². The third-order valence-corrected chi connectivity index (χ3v) is 0.632. The summed E-state index contributed by atoms with van der Waals surface area (Å²) in [4.78, 5) is 10.5. The zero-order valence-electron chi connectivity index (χ0n) is 6.68. The Bertz CT molecular complexity index is 130. The second-order valence-electron chi connectivity index (χ2n) is 1.64. The van der Waals surface area contributed by atoms with Gasteiger partial charge in [-0.1, -0.05) is 0 Å². The standard InChI is InChI=1S/C6H11NO2.Na/c1-3-9-6(8)4-5(2)7;/h4H,3,7H2,1-2H3;/b5-4-;. The minimum absolute atomic E-state index is 0. The van der Waals surface area contributed by atoms with Crippen LogP contribution in [-0.4, -0.2) is 42.1 Å². The van der Waals surface area contributed by atoms with E-state index in [1.165, 1.54) is 6.08 Å². The summed E-state index contributed by atoms with van der Waals surface area (Å²) in [5.74, 6) is -0.377. The summed E-state index contributed by atoms with van der Waals surface area (Å²) in [7, 11) is 0. The molecule has 0 heterocycles. The van der Waals surface area contributed by atoms with Gasteiger partial charge in [0.1, 0.15) is 0 Å². The van der Waals surface area contributed by atoms with E-state index in [2.05, 4.69) is 4.74 Å². The van der Waals surface area contributed by atoms with Gasteiger partial charge in [-0.3, -0.25) is 0 Å². The summed E-state index contributed by atoms with van der Waals surface area (Å²) in [5.41, 5.74) is 5.65. The third-order valence-electron chi connectivity index (χ3n) is 0.632. The number of ether oxygens (including phenoxy) is 1. The Balaban J connectivity index is 0. The number of esters is 1. The third kappa shape index (κ3) is 8.01. The Hall–Kier alpha value is 0.0100. The molecule has 0 aliphatic rings. The molecule has 3 nitrogen and oxygen atoms in total. The van der Waals surface area contributed by atoms with Gasteiger partial charge in [-0.2, -0.15) is 0 Å². The number of hydrogen-bond donors (Lipinski definition) is 1. The Labute approximate surface area is 82.9 Å². The molecule has 0 spiro atoms. The van der Waals surface area contributed by atoms with Gasteiger partial charge in [0.2, 0.25) is 0 Å². The number of carbonyl (C=O) groups is 1. The van der Waals surface area contributed by atoms with Gasteiger partial charge in [0.25, 0.3) is 0 Å². The van der Waals surface area contributed by atoms with Crippen molar-refractivity contribution in [2.75, 3.05) is 6.61 Å². The van der Waals surface area contributed by atoms with E-state index in [-0.39, 0.29) is 35.5 Å². The molecule has 0 rings (SSSR count). The van der Waals surface area contributed by atoms with Crippen molar-refractivity contribution in [1.29, 1.82) is 0 Å². The number of rotatable bonds is 2. The van der Waals surface area contributed by atoms with Crippen LogP contribution >= 0.6 is 0 Å². The second-order valence-corrected chi connectivity index (χ2v) is 1.64. The largest absolute Gasteiger partial charge is 0.463 e. The first-order valence-electron chi connectivity index (χ1n) is 2.77. The van der Waals surface area contributed by atoms with Crippen molar-refractivity contribution in [3.05, 3.63) is 11.8 Å². The average Bonchev–Trinajstić information content (AvgIpc) is 1.63. The first-order chi connectivity index (χ1) is 4.16. The molecule has 0 saturated heterocycles. The molecule has 53 valence electrons. The van der Waals surface area contributed by atoms with Crippen LogP contribution in [0, 0.1) is 0 Å². The van der Waals surface area contributed by atoms with Crippen molar-refractivity contribution >= 4 is 35.5 Å². The Kier molecular flexibility index (Phi) is 9.02. The van der Waals surface area contributed by atoms with Crippen LogP contribution in [-0.2, 0) is 9.53 Å². The molecule has 0 atom stereocenters. The Morgan fingerprint density at radius 1 is 1.70 bits per heavy atom. The van der Waals surface area contributed by atoms with Crippen molar-refractivity contribution in [2.45, 2.75) is 13.8 Å². The molecule has 0 bridgehead atoms. The number of carbonyl (C=O) groups excluding carboxylic acids is 1. The van der Waals surface area contributed by atoms with Gasteiger partial charge in [0.15, 0.2) is 0 Å². The molecule has 4 heteroatoms. The van der Waals surface area contributed by atoms with E-state index in [1.54, 1.807) is 13.8 Å². The molecule has 0 aromatic rings. The zero-order valence-corrected chi connectivity index (χ0v) is 8.68. The van der Waals surface area contributed by atoms with Gasteiger partial charge < -0.3 is 10.5 Å². The van der Waals surface area contributed by atoms with E-state index in [0.29, 0.717) is 12.3 Å². The van der Waals surface area contributed by atoms with Gasteiger partial charge in [-0.25, -0.2) is 4.79 Å². The summed E-state index contributed by atoms with van der Waals surface area (Å²) in [6.07, 6.45) is 1.25. The molecule has 1 radical (unpaired) electrons. The van der Waals surface area contributed by atoms with Crippen LogP contribution in [0.15, 0.2) is 11.8 Å². The van der Waals surface area contributed by atoms with Crippen LogP contribution in [0.25, 0.3) is 0 Å². The molecular formula is C6H11NNaO2. The fraction of sp³-hybridized carbons (Fsp3) is 0.500. The topological polar surface area (TPSA) is 52.3 Å². The first-order valence-corrected chi connectivity index (χ1v) is 2.77. The van der Waals surface area contributed by atoms with Gasteiger partial charge in [-0.15, -0.1) is 0 Å². The molecule has 0 unspecified atom stereocenters. The quantitative estimate of drug-likeness (QED) is 0.345. The van der Waals surface area contributed by atoms with Crippen molar-refractivity contribution in [3.63, 3.8) is 0 Å². The summed E-state index contributed by atoms with van der Waals surface area (Å²) in [6, 6.07) is 0. The zero-order chi connectivity index (χ0) is 7.28. The molecule has 0 saturated carbocycles. The SMILES string of the molecule is CCOC(=O)/C=C(/C)N.[Na]. The Morgan fingerprint density at radius 3 is 2.50 bits per heavy atom. The van der Waals surface area contributed by atoms with Gasteiger partial charge in [0.05, 0.1) is 6.61 Å². The molecule has 0 aromatic heterocycles. The summed E-state index contributed by atoms with van der Waals surface area (Å²) < 4.78 is 4.56. The minimum Gasteiger partial charge on any atom is -0.463 e. The molecule has 0 fully saturated rings. The summed E-state index contributed by atoms with van der Waals surface area (Å²) in [5, 5.41) is 0. The van der Waals surface area contributed by atoms with Crippen LogP contribution in [0.4, 0.5) is 0 Å². The average molecular weight is 152 g/mol. The van der Waals surface area contributed by atoms with Crippen molar-refractivity contribution < 1.29 is 9.53 Å². The van der Waals surface area contributed by atoms with Crippen LogP contribution in [0.5, 0.6) is 0 Å². The predicted octanol–water partition coefficient (Wildman–Crippen LogP) is 0.0312. The predicted molar refractivity (Wildman–Crippen MR) is 40.3 cm³/mol. The van der Waals surface area contributed by atoms with Crippen LogP contribution in [0.2, 0.25) is 0 Å². The maximum atomic E-state index is 10.5. The van der Waals surface area contributed by atoms with Gasteiger partial charge in [0, 0.05) is 41.3 Å². The molecule has 0 aliphatic heterocycles. The Morgan fingerprint density at radius 2 is 2.20 bits per heavy atom. The first kappa shape index (κ1) is 12.7. The summed E-state index contributed by atoms with van der Waals surface area (Å²) >= 11 is 0. The van der Waals surface area contributed by atoms with Crippen molar-refractivity contribution in [2.24, 2.45) is 5.73 Å². The fourth-order valence-corrected chi connectivity index (χ4v) is 0.370. The molecule has 0 aromatic carbocycles. The molecule has 10 heavy (non-hydrogen) atoms. The van der Waals surface area contributed by atoms with E-state index in [0.717, 1.165) is 0 Å². The molecular weight excluding hydrogens is 141 g/mol. The minimum atomic E-state index is -0.377. The molecule has 0 amide bonds. The van der Waals surface area contributed by atoms with Crippen LogP contribution in [0.3, 0.4) is 0 Å². The number of allylic oxidation sites excluding steroid dienone is 1. The smallest absolute Gasteiger partial charge is 0.332 e. The van der Waals surface area contributed by atoms with Gasteiger partial charge >= 0.3 is 5.97 Å². The fourth-order valence-electron chi connectivity index (χ4n) is 0.370. The molecule has 2 N–H and O–H groups in total. The van der Waals surface area contributed by atoms with E-state index in [4.69, 9.17) is 5.73 Å². The van der Waals surface area contributed by atoms with Crippen molar-refractivity contribution in [1.82, 2.24) is 0 Å².